The van der Waals surface area contributed by atoms with Crippen molar-refractivity contribution in [1.82, 2.24) is 5.32 Å². The largest absolute Gasteiger partial charge is 0.482 e. The lowest BCUT2D eigenvalue weighted by molar-refractivity contribution is -0.384. The molecule has 0 radical (unpaired) electrons. The molecule has 0 heterocycles. The van der Waals surface area contributed by atoms with Gasteiger partial charge in [0.2, 0.25) is 0 Å². The van der Waals surface area contributed by atoms with Gasteiger partial charge in [-0.15, -0.1) is 0 Å². The van der Waals surface area contributed by atoms with E-state index in [1.807, 2.05) is 0 Å². The minimum Gasteiger partial charge on any atom is -0.482 e. The lowest BCUT2D eigenvalue weighted by Gasteiger charge is -2.10. The smallest absolute Gasteiger partial charge is 0.343 e. The fourth-order valence-corrected chi connectivity index (χ4v) is 1.34. The van der Waals surface area contributed by atoms with E-state index in [0.29, 0.717) is 17.9 Å². The van der Waals surface area contributed by atoms with Crippen LogP contribution < -0.4 is 10.1 Å². The van der Waals surface area contributed by atoms with Crippen LogP contribution in [-0.2, 0) is 16.1 Å². The maximum Gasteiger partial charge on any atom is 0.343 e. The zero-order valence-electron chi connectivity index (χ0n) is 10.1. The van der Waals surface area contributed by atoms with E-state index in [0.717, 1.165) is 0 Å². The van der Waals surface area contributed by atoms with Crippen molar-refractivity contribution < 1.29 is 19.2 Å². The predicted molar refractivity (Wildman–Crippen MR) is 63.4 cm³/mol. The first-order valence-electron chi connectivity index (χ1n) is 5.20. The van der Waals surface area contributed by atoms with E-state index >= 15 is 0 Å². The molecule has 98 valence electrons. The van der Waals surface area contributed by atoms with Gasteiger partial charge in [0.05, 0.1) is 12.0 Å². The maximum atomic E-state index is 11.0. The van der Waals surface area contributed by atoms with Gasteiger partial charge in [-0.05, 0) is 13.1 Å². The predicted octanol–water partition coefficient (Wildman–Crippen LogP) is 0.866. The summed E-state index contributed by atoms with van der Waals surface area (Å²) in [6, 6.07) is 4.20. The van der Waals surface area contributed by atoms with Crippen LogP contribution in [0.5, 0.6) is 5.75 Å². The van der Waals surface area contributed by atoms with Crippen molar-refractivity contribution in [2.75, 3.05) is 20.8 Å². The number of non-ortho nitro benzene ring substituents is 1. The van der Waals surface area contributed by atoms with E-state index in [1.54, 1.807) is 7.05 Å². The van der Waals surface area contributed by atoms with Crippen LogP contribution >= 0.6 is 0 Å². The average Bonchev–Trinajstić information content (AvgIpc) is 2.36. The second-order valence-electron chi connectivity index (χ2n) is 3.44. The van der Waals surface area contributed by atoms with Crippen molar-refractivity contribution in [3.8, 4) is 5.75 Å². The summed E-state index contributed by atoms with van der Waals surface area (Å²) in [5.74, 6) is -0.0934. The first-order chi connectivity index (χ1) is 8.58. The molecule has 18 heavy (non-hydrogen) atoms. The summed E-state index contributed by atoms with van der Waals surface area (Å²) in [5, 5.41) is 13.5. The Hall–Kier alpha value is -2.15. The van der Waals surface area contributed by atoms with Crippen molar-refractivity contribution in [3.05, 3.63) is 33.9 Å². The second kappa shape index (κ2) is 6.55. The second-order valence-corrected chi connectivity index (χ2v) is 3.44. The van der Waals surface area contributed by atoms with Crippen LogP contribution in [0.4, 0.5) is 5.69 Å². The third-order valence-electron chi connectivity index (χ3n) is 2.20. The van der Waals surface area contributed by atoms with Gasteiger partial charge in [0.15, 0.2) is 6.61 Å². The van der Waals surface area contributed by atoms with Gasteiger partial charge in [-0.1, -0.05) is 0 Å². The maximum absolute atomic E-state index is 11.0. The Morgan fingerprint density at radius 3 is 2.78 bits per heavy atom. The molecule has 0 saturated carbocycles. The zero-order chi connectivity index (χ0) is 13.5. The topological polar surface area (TPSA) is 90.7 Å². The highest BCUT2D eigenvalue weighted by atomic mass is 16.6. The highest BCUT2D eigenvalue weighted by Crippen LogP contribution is 2.24. The molecule has 0 bridgehead atoms. The summed E-state index contributed by atoms with van der Waals surface area (Å²) in [6.07, 6.45) is 0. The first kappa shape index (κ1) is 13.9. The molecule has 0 unspecified atom stereocenters. The molecule has 1 aromatic carbocycles. The van der Waals surface area contributed by atoms with Gasteiger partial charge < -0.3 is 14.8 Å². The molecule has 0 aliphatic heterocycles. The Morgan fingerprint density at radius 1 is 1.50 bits per heavy atom. The van der Waals surface area contributed by atoms with Gasteiger partial charge in [-0.2, -0.15) is 0 Å². The molecule has 0 aliphatic carbocycles. The molecule has 7 heteroatoms. The van der Waals surface area contributed by atoms with Gasteiger partial charge >= 0.3 is 5.97 Å². The third-order valence-corrected chi connectivity index (χ3v) is 2.20. The van der Waals surface area contributed by atoms with Crippen LogP contribution in [0.3, 0.4) is 0 Å². The van der Waals surface area contributed by atoms with Crippen LogP contribution in [0.2, 0.25) is 0 Å². The summed E-state index contributed by atoms with van der Waals surface area (Å²) in [7, 11) is 2.97. The monoisotopic (exact) mass is 254 g/mol. The van der Waals surface area contributed by atoms with Crippen LogP contribution in [0.15, 0.2) is 18.2 Å². The molecule has 7 nitrogen and oxygen atoms in total. The minimum atomic E-state index is -0.510. The Kier molecular flexibility index (Phi) is 5.06. The van der Waals surface area contributed by atoms with E-state index in [9.17, 15) is 14.9 Å². The van der Waals surface area contributed by atoms with Gasteiger partial charge in [0.25, 0.3) is 5.69 Å². The number of carbonyl (C=O) groups excluding carboxylic acids is 1. The fourth-order valence-electron chi connectivity index (χ4n) is 1.34. The lowest BCUT2D eigenvalue weighted by Crippen LogP contribution is -2.14. The fraction of sp³-hybridized carbons (Fsp3) is 0.364. The van der Waals surface area contributed by atoms with Gasteiger partial charge in [-0.25, -0.2) is 4.79 Å². The Morgan fingerprint density at radius 2 is 2.22 bits per heavy atom. The number of hydrogen-bond acceptors (Lipinski definition) is 6. The number of nitrogens with one attached hydrogen (secondary N) is 1. The quantitative estimate of drug-likeness (QED) is 0.460. The summed E-state index contributed by atoms with van der Waals surface area (Å²) in [4.78, 5) is 21.1. The average molecular weight is 254 g/mol. The number of ether oxygens (including phenoxy) is 2. The Bertz CT molecular complexity index is 447. The SMILES string of the molecule is CNCc1cc([N+](=O)[O-])ccc1OCC(=O)OC. The normalized spacial score (nSPS) is 9.89. The van der Waals surface area contributed by atoms with Crippen LogP contribution in [-0.4, -0.2) is 31.7 Å². The van der Waals surface area contributed by atoms with E-state index in [4.69, 9.17) is 4.74 Å². The number of esters is 1. The number of benzene rings is 1. The van der Waals surface area contributed by atoms with E-state index < -0.39 is 10.9 Å². The standard InChI is InChI=1S/C11H14N2O5/c1-12-6-8-5-9(13(15)16)3-4-10(8)18-7-11(14)17-2/h3-5,12H,6-7H2,1-2H3. The zero-order valence-corrected chi connectivity index (χ0v) is 10.1. The van der Waals surface area contributed by atoms with Crippen LogP contribution in [0, 0.1) is 10.1 Å². The third kappa shape index (κ3) is 3.70. The number of hydrogen-bond donors (Lipinski definition) is 1. The van der Waals surface area contributed by atoms with Gasteiger partial charge in [-0.3, -0.25) is 10.1 Å². The molecule has 0 amide bonds. The molecular formula is C11H14N2O5. The molecule has 0 fully saturated rings. The van der Waals surface area contributed by atoms with Crippen molar-refractivity contribution >= 4 is 11.7 Å². The molecule has 0 saturated heterocycles. The molecule has 1 rings (SSSR count). The first-order valence-corrected chi connectivity index (χ1v) is 5.20. The summed E-state index contributed by atoms with van der Waals surface area (Å²) in [5.41, 5.74) is 0.585. The molecule has 0 aliphatic rings. The van der Waals surface area contributed by atoms with Crippen LogP contribution in [0.1, 0.15) is 5.56 Å². The minimum absolute atomic E-state index is 0.0225. The number of rotatable bonds is 6. The summed E-state index contributed by atoms with van der Waals surface area (Å²) >= 11 is 0. The van der Waals surface area contributed by atoms with Crippen molar-refractivity contribution in [2.24, 2.45) is 0 Å². The molecule has 1 aromatic rings. The summed E-state index contributed by atoms with van der Waals surface area (Å²) < 4.78 is 9.69. The van der Waals surface area contributed by atoms with E-state index in [2.05, 4.69) is 10.1 Å². The van der Waals surface area contributed by atoms with Gasteiger partial charge in [0.1, 0.15) is 5.75 Å². The highest BCUT2D eigenvalue weighted by molar-refractivity contribution is 5.71. The van der Waals surface area contributed by atoms with Gasteiger partial charge in [0, 0.05) is 24.2 Å². The van der Waals surface area contributed by atoms with Crippen LogP contribution in [0.25, 0.3) is 0 Å². The number of nitro groups is 1. The molecular weight excluding hydrogens is 240 g/mol. The van der Waals surface area contributed by atoms with E-state index in [1.165, 1.54) is 25.3 Å². The molecule has 0 spiro atoms. The Labute approximate surface area is 104 Å². The number of nitro benzene ring substituents is 1. The summed E-state index contributed by atoms with van der Waals surface area (Å²) in [6.45, 7) is 0.170. The highest BCUT2D eigenvalue weighted by Gasteiger charge is 2.12. The number of methoxy groups -OCH3 is 1. The van der Waals surface area contributed by atoms with Crippen molar-refractivity contribution in [2.45, 2.75) is 6.54 Å². The molecule has 0 aromatic heterocycles. The number of nitrogens with zero attached hydrogens (tertiary/aromatic N) is 1. The number of carbonyl (C=O) groups is 1. The van der Waals surface area contributed by atoms with Crippen molar-refractivity contribution in [1.29, 1.82) is 0 Å². The molecule has 1 N–H and O–H groups in total. The molecule has 0 atom stereocenters. The Balaban J connectivity index is 2.89. The van der Waals surface area contributed by atoms with Crippen molar-refractivity contribution in [3.63, 3.8) is 0 Å². The lowest BCUT2D eigenvalue weighted by atomic mass is 10.2. The van der Waals surface area contributed by atoms with E-state index in [-0.39, 0.29) is 12.3 Å².